The highest BCUT2D eigenvalue weighted by Crippen LogP contribution is 2.62. The molecule has 0 aromatic rings. The summed E-state index contributed by atoms with van der Waals surface area (Å²) in [5.41, 5.74) is 0. The third kappa shape index (κ3) is 5.70. The van der Waals surface area contributed by atoms with Crippen molar-refractivity contribution in [3.63, 3.8) is 0 Å². The molecule has 25 heavy (non-hydrogen) atoms. The molecule has 0 spiro atoms. The summed E-state index contributed by atoms with van der Waals surface area (Å²) in [6.45, 7) is 12.4. The Bertz CT molecular complexity index is 448. The Kier molecular flexibility index (Phi) is 9.48. The van der Waals surface area contributed by atoms with Gasteiger partial charge in [0, 0.05) is 16.8 Å². The Morgan fingerprint density at radius 3 is 2.16 bits per heavy atom. The second-order valence-corrected chi connectivity index (χ2v) is 11.8. The van der Waals surface area contributed by atoms with E-state index in [2.05, 4.69) is 52.3 Å². The topological polar surface area (TPSA) is 86.0 Å². The largest absolute Gasteiger partial charge is 0.395 e. The maximum absolute atomic E-state index is 9.94. The predicted octanol–water partition coefficient (Wildman–Crippen LogP) is 3.54. The van der Waals surface area contributed by atoms with E-state index in [1.165, 1.54) is 10.8 Å². The number of hydrogen-bond donors (Lipinski definition) is 2. The van der Waals surface area contributed by atoms with Gasteiger partial charge in [-0.3, -0.25) is 0 Å². The number of nitriles is 1. The number of rotatable bonds is 10. The number of aliphatic hydroxyl groups excluding tert-OH is 2. The third-order valence-corrected chi connectivity index (χ3v) is 10.1. The molecule has 1 fully saturated rings. The fraction of sp³-hybridized carbons (Fsp3) is 0.938. The van der Waals surface area contributed by atoms with Crippen LogP contribution in [0.3, 0.4) is 0 Å². The van der Waals surface area contributed by atoms with Gasteiger partial charge in [0.15, 0.2) is 0 Å². The van der Waals surface area contributed by atoms with E-state index >= 15 is 0 Å². The SMILES string of the molecule is CC(C)N(C(C)C)P(OCCC#N)OC1C(C)(C)SSC1(CO)CO. The number of aliphatic hydroxyl groups is 2. The van der Waals surface area contributed by atoms with E-state index in [0.29, 0.717) is 13.0 Å². The van der Waals surface area contributed by atoms with Gasteiger partial charge in [0.2, 0.25) is 0 Å². The van der Waals surface area contributed by atoms with Crippen LogP contribution in [0.5, 0.6) is 0 Å². The smallest absolute Gasteiger partial charge is 0.259 e. The van der Waals surface area contributed by atoms with Crippen LogP contribution < -0.4 is 0 Å². The molecule has 2 unspecified atom stereocenters. The molecule has 1 rings (SSSR count). The van der Waals surface area contributed by atoms with Crippen molar-refractivity contribution < 1.29 is 19.3 Å². The van der Waals surface area contributed by atoms with Crippen molar-refractivity contribution in [2.24, 2.45) is 0 Å². The monoisotopic (exact) mass is 410 g/mol. The van der Waals surface area contributed by atoms with Crippen LogP contribution in [0, 0.1) is 11.3 Å². The summed E-state index contributed by atoms with van der Waals surface area (Å²) in [5.74, 6) is 0. The van der Waals surface area contributed by atoms with E-state index in [1.54, 1.807) is 10.8 Å². The fourth-order valence-corrected chi connectivity index (χ4v) is 8.22. The molecule has 1 heterocycles. The van der Waals surface area contributed by atoms with Gasteiger partial charge in [-0.05, 0) is 41.5 Å². The molecule has 2 atom stereocenters. The molecule has 1 aliphatic rings. The van der Waals surface area contributed by atoms with E-state index in [9.17, 15) is 10.2 Å². The lowest BCUT2D eigenvalue weighted by Crippen LogP contribution is -2.51. The Hall–Kier alpha value is 0.420. The van der Waals surface area contributed by atoms with Crippen LogP contribution in [0.4, 0.5) is 0 Å². The van der Waals surface area contributed by atoms with Gasteiger partial charge in [0.1, 0.15) is 10.9 Å². The summed E-state index contributed by atoms with van der Waals surface area (Å²) in [5, 5.41) is 28.7. The first-order chi connectivity index (χ1) is 11.6. The highest BCUT2D eigenvalue weighted by atomic mass is 33.1. The Morgan fingerprint density at radius 1 is 1.16 bits per heavy atom. The van der Waals surface area contributed by atoms with Crippen LogP contribution in [0.15, 0.2) is 0 Å². The molecular formula is C16H31N2O4PS2. The molecular weight excluding hydrogens is 379 g/mol. The van der Waals surface area contributed by atoms with Crippen molar-refractivity contribution in [2.75, 3.05) is 19.8 Å². The van der Waals surface area contributed by atoms with Crippen LogP contribution in [-0.4, -0.2) is 62.4 Å². The van der Waals surface area contributed by atoms with Gasteiger partial charge < -0.3 is 19.3 Å². The predicted molar refractivity (Wildman–Crippen MR) is 106 cm³/mol. The standard InChI is InChI=1S/C16H31N2O4PS2/c1-12(2)18(13(3)4)23(21-9-7-8-17)22-14-15(5,6)24-25-16(14,10-19)11-20/h12-14,19-20H,7,9-11H2,1-6H3. The molecule has 0 radical (unpaired) electrons. The van der Waals surface area contributed by atoms with Crippen LogP contribution in [0.2, 0.25) is 0 Å². The zero-order valence-corrected chi connectivity index (χ0v) is 18.5. The van der Waals surface area contributed by atoms with Gasteiger partial charge in [-0.25, -0.2) is 4.67 Å². The lowest BCUT2D eigenvalue weighted by Gasteiger charge is -2.42. The minimum atomic E-state index is -1.42. The van der Waals surface area contributed by atoms with E-state index in [-0.39, 0.29) is 36.1 Å². The van der Waals surface area contributed by atoms with Crippen LogP contribution in [0.1, 0.15) is 48.0 Å². The molecule has 0 aliphatic carbocycles. The summed E-state index contributed by atoms with van der Waals surface area (Å²) in [6, 6.07) is 2.50. The number of nitrogens with zero attached hydrogens (tertiary/aromatic N) is 2. The summed E-state index contributed by atoms with van der Waals surface area (Å²) in [4.78, 5) is 0. The minimum absolute atomic E-state index is 0.167. The minimum Gasteiger partial charge on any atom is -0.395 e. The van der Waals surface area contributed by atoms with Gasteiger partial charge in [-0.1, -0.05) is 21.6 Å². The second-order valence-electron chi connectivity index (χ2n) is 7.18. The van der Waals surface area contributed by atoms with Crippen LogP contribution >= 0.6 is 30.1 Å². The summed E-state index contributed by atoms with van der Waals surface area (Å²) in [6.07, 6.45) is -0.0761. The van der Waals surface area contributed by atoms with Crippen molar-refractivity contribution in [2.45, 2.75) is 75.6 Å². The van der Waals surface area contributed by atoms with Gasteiger partial charge in [0.25, 0.3) is 8.53 Å². The van der Waals surface area contributed by atoms with Crippen LogP contribution in [-0.2, 0) is 9.05 Å². The van der Waals surface area contributed by atoms with Crippen molar-refractivity contribution >= 4 is 30.1 Å². The van der Waals surface area contributed by atoms with Crippen LogP contribution in [0.25, 0.3) is 0 Å². The highest BCUT2D eigenvalue weighted by Gasteiger charge is 2.56. The van der Waals surface area contributed by atoms with E-state index < -0.39 is 13.3 Å². The number of hydrogen-bond acceptors (Lipinski definition) is 8. The van der Waals surface area contributed by atoms with Gasteiger partial charge in [0.05, 0.1) is 32.3 Å². The van der Waals surface area contributed by atoms with E-state index in [1.807, 2.05) is 0 Å². The van der Waals surface area contributed by atoms with Crippen molar-refractivity contribution in [3.8, 4) is 6.07 Å². The maximum Gasteiger partial charge on any atom is 0.259 e. The molecule has 6 nitrogen and oxygen atoms in total. The van der Waals surface area contributed by atoms with Gasteiger partial charge in [-0.2, -0.15) is 5.26 Å². The summed E-state index contributed by atoms with van der Waals surface area (Å²) in [7, 11) is 1.68. The lowest BCUT2D eigenvalue weighted by atomic mass is 9.93. The first-order valence-corrected chi connectivity index (χ1v) is 11.8. The van der Waals surface area contributed by atoms with Crippen molar-refractivity contribution in [3.05, 3.63) is 0 Å². The zero-order valence-electron chi connectivity index (χ0n) is 15.9. The zero-order chi connectivity index (χ0) is 19.3. The summed E-state index contributed by atoms with van der Waals surface area (Å²) < 4.78 is 13.5. The molecule has 1 aliphatic heterocycles. The second kappa shape index (κ2) is 10.1. The van der Waals surface area contributed by atoms with Gasteiger partial charge in [-0.15, -0.1) is 0 Å². The Labute approximate surface area is 161 Å². The lowest BCUT2D eigenvalue weighted by molar-refractivity contribution is 0.0420. The first kappa shape index (κ1) is 23.5. The van der Waals surface area contributed by atoms with Crippen molar-refractivity contribution in [1.29, 1.82) is 5.26 Å². The molecule has 0 saturated carbocycles. The summed E-state index contributed by atoms with van der Waals surface area (Å²) >= 11 is 0. The maximum atomic E-state index is 9.94. The normalized spacial score (nSPS) is 23.4. The molecule has 1 saturated heterocycles. The van der Waals surface area contributed by atoms with E-state index in [0.717, 1.165) is 0 Å². The Balaban J connectivity index is 3.10. The molecule has 0 aromatic heterocycles. The average molecular weight is 411 g/mol. The molecule has 146 valence electrons. The average Bonchev–Trinajstić information content (AvgIpc) is 2.78. The fourth-order valence-electron chi connectivity index (χ4n) is 2.79. The molecule has 2 N–H and O–H groups in total. The third-order valence-electron chi connectivity index (χ3n) is 3.92. The first-order valence-electron chi connectivity index (χ1n) is 8.48. The van der Waals surface area contributed by atoms with Crippen molar-refractivity contribution in [1.82, 2.24) is 4.67 Å². The molecule has 0 amide bonds. The molecule has 0 bridgehead atoms. The molecule has 9 heteroatoms. The highest BCUT2D eigenvalue weighted by molar-refractivity contribution is 8.78. The van der Waals surface area contributed by atoms with E-state index in [4.69, 9.17) is 14.3 Å². The quantitative estimate of drug-likeness (QED) is 0.321. The van der Waals surface area contributed by atoms with Gasteiger partial charge >= 0.3 is 0 Å². The Morgan fingerprint density at radius 2 is 1.72 bits per heavy atom. The molecule has 0 aromatic carbocycles.